The molecule has 2 N–H and O–H groups in total. The van der Waals surface area contributed by atoms with Crippen LogP contribution in [0.15, 0.2) is 52.5 Å². The van der Waals surface area contributed by atoms with Gasteiger partial charge in [0.2, 0.25) is 0 Å². The second-order valence-electron chi connectivity index (χ2n) is 7.19. The summed E-state index contributed by atoms with van der Waals surface area (Å²) < 4.78 is 14.8. The minimum absolute atomic E-state index is 0.0261. The standard InChI is InChI=1S/C21H24ClN3O3S/c1-14-8-10-25(11-9-14)29(28)18-5-3-4-16(12-18)21(27)24-23-15(2)19-13-17(22)6-7-20(19)26/h3-7,12-14,26H,8-11H2,1-2H3,(H,24,27)/b23-15+. The van der Waals surface area contributed by atoms with Gasteiger partial charge in [-0.25, -0.2) is 13.9 Å². The van der Waals surface area contributed by atoms with Crippen molar-refractivity contribution in [3.05, 3.63) is 58.6 Å². The van der Waals surface area contributed by atoms with Crippen LogP contribution < -0.4 is 5.43 Å². The monoisotopic (exact) mass is 433 g/mol. The number of rotatable bonds is 5. The van der Waals surface area contributed by atoms with E-state index in [0.29, 0.717) is 32.7 Å². The fraction of sp³-hybridized carbons (Fsp3) is 0.333. The number of hydrazone groups is 1. The van der Waals surface area contributed by atoms with E-state index in [-0.39, 0.29) is 5.75 Å². The quantitative estimate of drug-likeness (QED) is 0.553. The topological polar surface area (TPSA) is 82.0 Å². The van der Waals surface area contributed by atoms with Crippen LogP contribution in [0, 0.1) is 5.92 Å². The smallest absolute Gasteiger partial charge is 0.271 e. The Morgan fingerprint density at radius 3 is 2.69 bits per heavy atom. The minimum atomic E-state index is -1.29. The lowest BCUT2D eigenvalue weighted by atomic mass is 10.0. The summed E-state index contributed by atoms with van der Waals surface area (Å²) in [6.07, 6.45) is 2.05. The van der Waals surface area contributed by atoms with Crippen LogP contribution in [0.5, 0.6) is 5.75 Å². The molecule has 0 aromatic heterocycles. The summed E-state index contributed by atoms with van der Waals surface area (Å²) >= 11 is 5.95. The molecule has 1 unspecified atom stereocenters. The van der Waals surface area contributed by atoms with Gasteiger partial charge in [0, 0.05) is 29.2 Å². The van der Waals surface area contributed by atoms with Gasteiger partial charge in [0.25, 0.3) is 5.91 Å². The zero-order valence-electron chi connectivity index (χ0n) is 16.4. The largest absolute Gasteiger partial charge is 0.507 e. The Hall–Kier alpha value is -2.22. The second kappa shape index (κ2) is 9.52. The van der Waals surface area contributed by atoms with Gasteiger partial charge in [0.05, 0.1) is 10.6 Å². The maximum atomic E-state index is 12.8. The van der Waals surface area contributed by atoms with Gasteiger partial charge >= 0.3 is 0 Å². The number of carbonyl (C=O) groups is 1. The van der Waals surface area contributed by atoms with E-state index in [1.54, 1.807) is 43.3 Å². The number of phenolic OH excluding ortho intramolecular Hbond substituents is 1. The number of nitrogens with one attached hydrogen (secondary N) is 1. The average molecular weight is 434 g/mol. The number of aromatic hydroxyl groups is 1. The van der Waals surface area contributed by atoms with Crippen LogP contribution in [-0.4, -0.2) is 38.3 Å². The highest BCUT2D eigenvalue weighted by atomic mass is 35.5. The first-order valence-electron chi connectivity index (χ1n) is 9.45. The molecule has 8 heteroatoms. The SMILES string of the molecule is C/C(=N\NC(=O)c1cccc(S(=O)N2CCC(C)CC2)c1)c1cc(Cl)ccc1O. The van der Waals surface area contributed by atoms with E-state index >= 15 is 0 Å². The highest BCUT2D eigenvalue weighted by Crippen LogP contribution is 2.23. The molecule has 2 aromatic rings. The van der Waals surface area contributed by atoms with Crippen molar-refractivity contribution in [1.29, 1.82) is 0 Å². The van der Waals surface area contributed by atoms with Crippen LogP contribution >= 0.6 is 11.6 Å². The predicted molar refractivity (Wildman–Crippen MR) is 116 cm³/mol. The highest BCUT2D eigenvalue weighted by molar-refractivity contribution is 7.82. The lowest BCUT2D eigenvalue weighted by Crippen LogP contribution is -2.34. The summed E-state index contributed by atoms with van der Waals surface area (Å²) in [7, 11) is -1.29. The Morgan fingerprint density at radius 1 is 1.24 bits per heavy atom. The number of carbonyl (C=O) groups excluding carboxylic acids is 1. The van der Waals surface area contributed by atoms with Crippen LogP contribution in [0.1, 0.15) is 42.6 Å². The van der Waals surface area contributed by atoms with Crippen molar-refractivity contribution in [2.75, 3.05) is 13.1 Å². The van der Waals surface area contributed by atoms with E-state index in [1.807, 2.05) is 4.31 Å². The normalized spacial score (nSPS) is 17.1. The molecule has 1 heterocycles. The molecular weight excluding hydrogens is 410 g/mol. The van der Waals surface area contributed by atoms with E-state index in [4.69, 9.17) is 11.6 Å². The third-order valence-electron chi connectivity index (χ3n) is 4.95. The molecule has 6 nitrogen and oxygen atoms in total. The van der Waals surface area contributed by atoms with Gasteiger partial charge in [-0.3, -0.25) is 4.79 Å². The molecule has 0 radical (unpaired) electrons. The van der Waals surface area contributed by atoms with E-state index < -0.39 is 16.9 Å². The Bertz CT molecular complexity index is 956. The van der Waals surface area contributed by atoms with Crippen molar-refractivity contribution in [1.82, 2.24) is 9.73 Å². The molecule has 29 heavy (non-hydrogen) atoms. The Morgan fingerprint density at radius 2 is 1.97 bits per heavy atom. The number of piperidine rings is 1. The van der Waals surface area contributed by atoms with Gasteiger partial charge in [-0.15, -0.1) is 0 Å². The first-order valence-corrected chi connectivity index (χ1v) is 10.9. The van der Waals surface area contributed by atoms with Gasteiger partial charge in [-0.1, -0.05) is 24.6 Å². The number of hydrogen-bond acceptors (Lipinski definition) is 4. The third kappa shape index (κ3) is 5.44. The minimum Gasteiger partial charge on any atom is -0.507 e. The molecule has 2 aromatic carbocycles. The van der Waals surface area contributed by atoms with Crippen molar-refractivity contribution < 1.29 is 14.1 Å². The molecule has 1 aliphatic rings. The van der Waals surface area contributed by atoms with Crippen molar-refractivity contribution in [2.45, 2.75) is 31.6 Å². The van der Waals surface area contributed by atoms with Crippen molar-refractivity contribution in [3.8, 4) is 5.75 Å². The molecule has 1 amide bonds. The number of benzene rings is 2. The Kier molecular flexibility index (Phi) is 7.05. The van der Waals surface area contributed by atoms with Gasteiger partial charge in [-0.2, -0.15) is 5.10 Å². The summed E-state index contributed by atoms with van der Waals surface area (Å²) in [6, 6.07) is 11.4. The number of nitrogens with zero attached hydrogens (tertiary/aromatic N) is 2. The molecule has 1 saturated heterocycles. The van der Waals surface area contributed by atoms with Gasteiger partial charge < -0.3 is 5.11 Å². The van der Waals surface area contributed by atoms with E-state index in [0.717, 1.165) is 25.9 Å². The molecule has 0 aliphatic carbocycles. The summed E-state index contributed by atoms with van der Waals surface area (Å²) in [4.78, 5) is 13.1. The third-order valence-corrected chi connectivity index (χ3v) is 6.67. The Labute approximate surface area is 178 Å². The van der Waals surface area contributed by atoms with Crippen LogP contribution in [0.2, 0.25) is 5.02 Å². The molecule has 3 rings (SSSR count). The van der Waals surface area contributed by atoms with Crippen LogP contribution in [0.4, 0.5) is 0 Å². The highest BCUT2D eigenvalue weighted by Gasteiger charge is 2.22. The summed E-state index contributed by atoms with van der Waals surface area (Å²) in [6.45, 7) is 5.44. The van der Waals surface area contributed by atoms with Gasteiger partial charge in [0.15, 0.2) is 0 Å². The van der Waals surface area contributed by atoms with Crippen molar-refractivity contribution >= 4 is 34.2 Å². The summed E-state index contributed by atoms with van der Waals surface area (Å²) in [5.41, 5.74) is 3.70. The molecular formula is C21H24ClN3O3S. The van der Waals surface area contributed by atoms with Crippen LogP contribution in [-0.2, 0) is 11.0 Å². The fourth-order valence-electron chi connectivity index (χ4n) is 3.10. The summed E-state index contributed by atoms with van der Waals surface area (Å²) in [5.74, 6) is 0.260. The molecule has 1 aliphatic heterocycles. The number of hydrogen-bond donors (Lipinski definition) is 2. The van der Waals surface area contributed by atoms with Gasteiger partial charge in [-0.05, 0) is 62.1 Å². The molecule has 0 saturated carbocycles. The van der Waals surface area contributed by atoms with Crippen LogP contribution in [0.25, 0.3) is 0 Å². The zero-order valence-corrected chi connectivity index (χ0v) is 18.0. The molecule has 1 atom stereocenters. The first kappa shape index (κ1) is 21.5. The lowest BCUT2D eigenvalue weighted by Gasteiger charge is -2.28. The van der Waals surface area contributed by atoms with E-state index in [1.165, 1.54) is 6.07 Å². The number of phenols is 1. The van der Waals surface area contributed by atoms with Crippen molar-refractivity contribution in [2.24, 2.45) is 11.0 Å². The van der Waals surface area contributed by atoms with Gasteiger partial charge in [0.1, 0.15) is 16.7 Å². The molecule has 0 spiro atoms. The summed E-state index contributed by atoms with van der Waals surface area (Å²) in [5, 5.41) is 14.5. The van der Waals surface area contributed by atoms with Crippen LogP contribution in [0.3, 0.4) is 0 Å². The number of halogens is 1. The maximum Gasteiger partial charge on any atom is 0.271 e. The van der Waals surface area contributed by atoms with E-state index in [9.17, 15) is 14.1 Å². The molecule has 1 fully saturated rings. The first-order chi connectivity index (χ1) is 13.8. The Balaban J connectivity index is 1.71. The lowest BCUT2D eigenvalue weighted by molar-refractivity contribution is 0.0954. The maximum absolute atomic E-state index is 12.8. The predicted octanol–water partition coefficient (Wildman–Crippen LogP) is 3.95. The van der Waals surface area contributed by atoms with Crippen molar-refractivity contribution in [3.63, 3.8) is 0 Å². The van der Waals surface area contributed by atoms with E-state index in [2.05, 4.69) is 17.5 Å². The number of amides is 1. The average Bonchev–Trinajstić information content (AvgIpc) is 2.73. The molecule has 0 bridgehead atoms. The fourth-order valence-corrected chi connectivity index (χ4v) is 4.54. The molecule has 154 valence electrons. The zero-order chi connectivity index (χ0) is 21.0. The second-order valence-corrected chi connectivity index (χ2v) is 9.11.